The Morgan fingerprint density at radius 1 is 1.23 bits per heavy atom. The van der Waals surface area contributed by atoms with E-state index in [9.17, 15) is 8.42 Å². The molecule has 1 saturated heterocycles. The van der Waals surface area contributed by atoms with Gasteiger partial charge in [-0.25, -0.2) is 8.42 Å². The van der Waals surface area contributed by atoms with E-state index in [0.717, 1.165) is 10.2 Å². The topological polar surface area (TPSA) is 96.9 Å². The van der Waals surface area contributed by atoms with Crippen LogP contribution in [0.3, 0.4) is 0 Å². The van der Waals surface area contributed by atoms with E-state index in [1.54, 1.807) is 0 Å². The van der Waals surface area contributed by atoms with E-state index >= 15 is 0 Å². The van der Waals surface area contributed by atoms with Gasteiger partial charge < -0.3 is 10.6 Å². The molecule has 1 atom stereocenters. The predicted octanol–water partition coefficient (Wildman–Crippen LogP) is 1.98. The first kappa shape index (κ1) is 15.2. The summed E-state index contributed by atoms with van der Waals surface area (Å²) in [7, 11) is -2.92. The van der Waals surface area contributed by atoms with Crippen LogP contribution in [0.5, 0.6) is 0 Å². The fourth-order valence-corrected chi connectivity index (χ4v) is 4.14. The summed E-state index contributed by atoms with van der Waals surface area (Å²) >= 11 is 3.37. The molecule has 0 radical (unpaired) electrons. The summed E-state index contributed by atoms with van der Waals surface area (Å²) in [6.45, 7) is 0. The monoisotopic (exact) mass is 383 g/mol. The zero-order chi connectivity index (χ0) is 15.6. The minimum Gasteiger partial charge on any atom is -0.365 e. The lowest BCUT2D eigenvalue weighted by atomic mass is 10.3. The third kappa shape index (κ3) is 3.92. The Labute approximate surface area is 136 Å². The maximum Gasteiger partial charge on any atom is 0.249 e. The summed E-state index contributed by atoms with van der Waals surface area (Å²) < 4.78 is 23.9. The summed E-state index contributed by atoms with van der Waals surface area (Å²) in [6, 6.07) is 7.46. The highest BCUT2D eigenvalue weighted by Gasteiger charge is 2.28. The van der Waals surface area contributed by atoms with E-state index in [0.29, 0.717) is 18.2 Å². The SMILES string of the molecule is O=S1(=O)CCC(Nc2cnnc(Nc3ccc(Br)cc3)n2)C1. The first-order valence-corrected chi connectivity index (χ1v) is 9.31. The first-order valence-electron chi connectivity index (χ1n) is 6.69. The summed E-state index contributed by atoms with van der Waals surface area (Å²) in [5.41, 5.74) is 0.839. The van der Waals surface area contributed by atoms with E-state index < -0.39 is 9.84 Å². The Balaban J connectivity index is 1.68. The maximum absolute atomic E-state index is 11.5. The van der Waals surface area contributed by atoms with Crippen LogP contribution in [0.15, 0.2) is 34.9 Å². The molecule has 0 aliphatic carbocycles. The summed E-state index contributed by atoms with van der Waals surface area (Å²) in [5, 5.41) is 13.9. The first-order chi connectivity index (χ1) is 10.5. The number of anilines is 3. The molecule has 2 heterocycles. The Bertz CT molecular complexity index is 766. The van der Waals surface area contributed by atoms with Crippen LogP contribution in [0, 0.1) is 0 Å². The molecule has 0 spiro atoms. The molecule has 3 rings (SSSR count). The van der Waals surface area contributed by atoms with E-state index in [-0.39, 0.29) is 17.5 Å². The standard InChI is InChI=1S/C13H14BrN5O2S/c14-9-1-3-10(4-2-9)17-13-18-12(7-15-19-13)16-11-5-6-22(20,21)8-11/h1-4,7,11H,5-6,8H2,(H2,16,17,18,19). The minimum absolute atomic E-state index is 0.123. The zero-order valence-corrected chi connectivity index (χ0v) is 13.9. The van der Waals surface area contributed by atoms with Crippen molar-refractivity contribution in [2.24, 2.45) is 0 Å². The average molecular weight is 384 g/mol. The van der Waals surface area contributed by atoms with Crippen LogP contribution in [-0.4, -0.2) is 41.1 Å². The molecule has 0 saturated carbocycles. The number of sulfone groups is 1. The molecule has 7 nitrogen and oxygen atoms in total. The van der Waals surface area contributed by atoms with Crippen LogP contribution in [0.4, 0.5) is 17.5 Å². The van der Waals surface area contributed by atoms with Crippen molar-refractivity contribution in [3.8, 4) is 0 Å². The summed E-state index contributed by atoms with van der Waals surface area (Å²) in [4.78, 5) is 4.30. The van der Waals surface area contributed by atoms with Crippen molar-refractivity contribution >= 4 is 43.2 Å². The van der Waals surface area contributed by atoms with Gasteiger partial charge in [0, 0.05) is 16.2 Å². The fraction of sp³-hybridized carbons (Fsp3) is 0.308. The molecule has 1 aromatic heterocycles. The largest absolute Gasteiger partial charge is 0.365 e. The van der Waals surface area contributed by atoms with Gasteiger partial charge in [0.1, 0.15) is 0 Å². The smallest absolute Gasteiger partial charge is 0.249 e. The predicted molar refractivity (Wildman–Crippen MR) is 87.9 cm³/mol. The van der Waals surface area contributed by atoms with Crippen LogP contribution in [0.2, 0.25) is 0 Å². The van der Waals surface area contributed by atoms with Crippen molar-refractivity contribution in [1.29, 1.82) is 0 Å². The van der Waals surface area contributed by atoms with Crippen molar-refractivity contribution < 1.29 is 8.42 Å². The second kappa shape index (κ2) is 6.17. The number of hydrogen-bond acceptors (Lipinski definition) is 7. The third-order valence-corrected chi connectivity index (χ3v) is 5.54. The van der Waals surface area contributed by atoms with Crippen molar-refractivity contribution in [2.75, 3.05) is 22.1 Å². The van der Waals surface area contributed by atoms with E-state index in [1.165, 1.54) is 6.20 Å². The van der Waals surface area contributed by atoms with Crippen molar-refractivity contribution in [1.82, 2.24) is 15.2 Å². The van der Waals surface area contributed by atoms with Crippen LogP contribution < -0.4 is 10.6 Å². The lowest BCUT2D eigenvalue weighted by Gasteiger charge is -2.11. The molecule has 2 N–H and O–H groups in total. The second-order valence-corrected chi connectivity index (χ2v) is 8.19. The summed E-state index contributed by atoms with van der Waals surface area (Å²) in [5.74, 6) is 1.21. The number of aromatic nitrogens is 3. The quantitative estimate of drug-likeness (QED) is 0.832. The number of hydrogen-bond donors (Lipinski definition) is 2. The molecule has 22 heavy (non-hydrogen) atoms. The molecule has 0 amide bonds. The molecule has 2 aromatic rings. The Morgan fingerprint density at radius 3 is 2.68 bits per heavy atom. The highest BCUT2D eigenvalue weighted by atomic mass is 79.9. The highest BCUT2D eigenvalue weighted by Crippen LogP contribution is 2.19. The number of halogens is 1. The van der Waals surface area contributed by atoms with Crippen LogP contribution in [0.25, 0.3) is 0 Å². The van der Waals surface area contributed by atoms with Crippen molar-refractivity contribution in [3.05, 3.63) is 34.9 Å². The molecular weight excluding hydrogens is 370 g/mol. The van der Waals surface area contributed by atoms with Gasteiger partial charge in [-0.3, -0.25) is 0 Å². The number of nitrogens with zero attached hydrogens (tertiary/aromatic N) is 3. The van der Waals surface area contributed by atoms with Gasteiger partial charge in [0.05, 0.1) is 17.7 Å². The van der Waals surface area contributed by atoms with Crippen molar-refractivity contribution in [2.45, 2.75) is 12.5 Å². The van der Waals surface area contributed by atoms with E-state index in [2.05, 4.69) is 41.7 Å². The Morgan fingerprint density at radius 2 is 2.00 bits per heavy atom. The highest BCUT2D eigenvalue weighted by molar-refractivity contribution is 9.10. The zero-order valence-electron chi connectivity index (χ0n) is 11.5. The fourth-order valence-electron chi connectivity index (χ4n) is 2.21. The van der Waals surface area contributed by atoms with Crippen LogP contribution >= 0.6 is 15.9 Å². The average Bonchev–Trinajstić information content (AvgIpc) is 2.81. The molecular formula is C13H14BrN5O2S. The van der Waals surface area contributed by atoms with E-state index in [4.69, 9.17) is 0 Å². The van der Waals surface area contributed by atoms with Crippen LogP contribution in [-0.2, 0) is 9.84 Å². The molecule has 1 fully saturated rings. The Hall–Kier alpha value is -1.74. The van der Waals surface area contributed by atoms with Gasteiger partial charge in [-0.1, -0.05) is 15.9 Å². The van der Waals surface area contributed by atoms with Crippen LogP contribution in [0.1, 0.15) is 6.42 Å². The normalized spacial score (nSPS) is 19.8. The number of rotatable bonds is 4. The molecule has 1 aliphatic heterocycles. The summed E-state index contributed by atoms with van der Waals surface area (Å²) in [6.07, 6.45) is 2.07. The van der Waals surface area contributed by atoms with Gasteiger partial charge in [0.25, 0.3) is 0 Å². The van der Waals surface area contributed by atoms with Gasteiger partial charge in [-0.05, 0) is 30.7 Å². The molecule has 0 bridgehead atoms. The van der Waals surface area contributed by atoms with Gasteiger partial charge in [0.15, 0.2) is 15.7 Å². The number of benzene rings is 1. The number of nitrogens with one attached hydrogen (secondary N) is 2. The van der Waals surface area contributed by atoms with Gasteiger partial charge >= 0.3 is 0 Å². The third-order valence-electron chi connectivity index (χ3n) is 3.24. The molecule has 1 unspecified atom stereocenters. The maximum atomic E-state index is 11.5. The van der Waals surface area contributed by atoms with Gasteiger partial charge in [0.2, 0.25) is 5.95 Å². The van der Waals surface area contributed by atoms with Crippen molar-refractivity contribution in [3.63, 3.8) is 0 Å². The Kier molecular flexibility index (Phi) is 4.25. The lowest BCUT2D eigenvalue weighted by Crippen LogP contribution is -2.21. The molecule has 9 heteroatoms. The molecule has 1 aliphatic rings. The molecule has 1 aromatic carbocycles. The minimum atomic E-state index is -2.92. The van der Waals surface area contributed by atoms with Gasteiger partial charge in [-0.15, -0.1) is 5.10 Å². The second-order valence-electron chi connectivity index (χ2n) is 5.04. The van der Waals surface area contributed by atoms with Gasteiger partial charge in [-0.2, -0.15) is 10.1 Å². The molecule has 116 valence electrons. The lowest BCUT2D eigenvalue weighted by molar-refractivity contribution is 0.602. The van der Waals surface area contributed by atoms with E-state index in [1.807, 2.05) is 24.3 Å².